The maximum Gasteiger partial charge on any atom is 2.00 e. The summed E-state index contributed by atoms with van der Waals surface area (Å²) in [6.07, 6.45) is 26.6. The Morgan fingerprint density at radius 2 is 1.00 bits per heavy atom. The van der Waals surface area contributed by atoms with Crippen LogP contribution < -0.4 is 9.97 Å². The summed E-state index contributed by atoms with van der Waals surface area (Å²) in [5, 5.41) is 0. The Balaban J connectivity index is 0.000000210. The number of benzene rings is 2. The van der Waals surface area contributed by atoms with Gasteiger partial charge in [-0.1, -0.05) is 184 Å². The molecule has 2 aliphatic heterocycles. The molecule has 81 heavy (non-hydrogen) atoms. The van der Waals surface area contributed by atoms with Crippen molar-refractivity contribution in [2.75, 3.05) is 13.2 Å². The monoisotopic (exact) mass is 1140 g/mol. The second kappa shape index (κ2) is 27.0. The second-order valence-corrected chi connectivity index (χ2v) is 26.3. The van der Waals surface area contributed by atoms with Crippen molar-refractivity contribution in [2.24, 2.45) is 21.8 Å². The first-order chi connectivity index (χ1) is 38.4. The quantitative estimate of drug-likeness (QED) is 0.131. The van der Waals surface area contributed by atoms with Crippen LogP contribution in [0.1, 0.15) is 276 Å². The number of rotatable bonds is 12. The summed E-state index contributed by atoms with van der Waals surface area (Å²) in [7, 11) is 0. The first-order valence-corrected chi connectivity index (χ1v) is 31.3. The molecule has 0 saturated heterocycles. The smallest absolute Gasteiger partial charge is 0.660 e. The zero-order valence-corrected chi connectivity index (χ0v) is 52.4. The standard InChI is InChI=1S/2C36H48N2O2.Co/c2*1-7-40-35(39)30-24(3)33(38-34(30)27-16-12-9-13-17-27)31(26-18-20-28(21-19-26)36(4,5)6)32-23(2)22-29(37-32)25-14-10-8-11-15-25;/h2*18-22,25,27H,7-17H2,1-6H3,(H,37,38,39);/q;;+2/p-2. The molecule has 0 amide bonds. The van der Waals surface area contributed by atoms with Crippen molar-refractivity contribution in [3.8, 4) is 0 Å². The summed E-state index contributed by atoms with van der Waals surface area (Å²) < 4.78 is 11.2. The number of aryl methyl sites for hydroxylation is 1. The Kier molecular flexibility index (Phi) is 20.6. The van der Waals surface area contributed by atoms with Crippen molar-refractivity contribution in [1.29, 1.82) is 0 Å². The van der Waals surface area contributed by atoms with Gasteiger partial charge < -0.3 is 19.4 Å². The van der Waals surface area contributed by atoms with E-state index in [1.165, 1.54) is 136 Å². The minimum atomic E-state index is -0.239. The Bertz CT molecular complexity index is 3060. The average molecular weight is 1140 g/mol. The van der Waals surface area contributed by atoms with E-state index in [1.54, 1.807) is 0 Å². The Labute approximate surface area is 497 Å². The summed E-state index contributed by atoms with van der Waals surface area (Å²) in [6.45, 7) is 26.5. The molecule has 2 aromatic carbocycles. The van der Waals surface area contributed by atoms with Crippen LogP contribution in [0.2, 0.25) is 0 Å². The number of hydrogen-bond acceptors (Lipinski definition) is 6. The van der Waals surface area contributed by atoms with E-state index in [4.69, 9.17) is 29.4 Å². The molecule has 2 aromatic heterocycles. The van der Waals surface area contributed by atoms with Crippen LogP contribution in [-0.2, 0) is 41.9 Å². The van der Waals surface area contributed by atoms with Gasteiger partial charge in [-0.2, -0.15) is 5.69 Å². The summed E-state index contributed by atoms with van der Waals surface area (Å²) in [4.78, 5) is 48.1. The fraction of sp³-hybridized carbons (Fsp3) is 0.556. The molecule has 6 aliphatic rings. The van der Waals surface area contributed by atoms with Crippen LogP contribution >= 0.6 is 0 Å². The molecule has 1 radical (unpaired) electrons. The fourth-order valence-corrected chi connectivity index (χ4v) is 13.7. The molecule has 0 bridgehead atoms. The molecule has 435 valence electrons. The van der Waals surface area contributed by atoms with Gasteiger partial charge in [0.15, 0.2) is 0 Å². The molecule has 4 aliphatic carbocycles. The second-order valence-electron chi connectivity index (χ2n) is 26.3. The molecule has 0 spiro atoms. The van der Waals surface area contributed by atoms with Crippen LogP contribution in [0, 0.1) is 25.7 Å². The van der Waals surface area contributed by atoms with Gasteiger partial charge in [0, 0.05) is 23.1 Å². The number of carbonyl (C=O) groups is 2. The van der Waals surface area contributed by atoms with Crippen LogP contribution in [0.3, 0.4) is 0 Å². The van der Waals surface area contributed by atoms with Crippen LogP contribution in [0.5, 0.6) is 0 Å². The largest absolute Gasteiger partial charge is 2.00 e. The van der Waals surface area contributed by atoms with Crippen LogP contribution in [0.25, 0.3) is 11.1 Å². The molecule has 4 heterocycles. The Morgan fingerprint density at radius 1 is 0.543 bits per heavy atom. The molecular weight excluding hydrogens is 1040 g/mol. The SMILES string of the molecule is CCOC(=O)C1=C(C)/C(=C(\c2ccc(C(C)(C)C)cc2)c2[n-]c(C3CCCCC3)cc2C)N=C1C1CCCCC1.CCOC(=O)c1c(C2CCCCC2)[n-]c(/C(=C2\N=C(C3CCCCC3)C=C2C)c2ccc(C(C)(C)C)cc2)c1C.[Co+2]. The summed E-state index contributed by atoms with van der Waals surface area (Å²) in [5.74, 6) is 1.20. The van der Waals surface area contributed by atoms with Crippen molar-refractivity contribution in [1.82, 2.24) is 9.97 Å². The van der Waals surface area contributed by atoms with Gasteiger partial charge in [-0.25, -0.2) is 9.59 Å². The molecule has 0 unspecified atom stereocenters. The molecule has 4 aromatic rings. The van der Waals surface area contributed by atoms with E-state index < -0.39 is 0 Å². The van der Waals surface area contributed by atoms with Crippen LogP contribution in [0.4, 0.5) is 0 Å². The Hall–Kier alpha value is -5.25. The van der Waals surface area contributed by atoms with Crippen molar-refractivity contribution < 1.29 is 35.8 Å². The topological polar surface area (TPSA) is 106 Å². The molecule has 4 fully saturated rings. The number of carbonyl (C=O) groups excluding carboxylic acids is 2. The molecule has 0 N–H and O–H groups in total. The number of esters is 2. The number of nitrogens with zero attached hydrogens (tertiary/aromatic N) is 4. The predicted molar refractivity (Wildman–Crippen MR) is 330 cm³/mol. The van der Waals surface area contributed by atoms with Gasteiger partial charge in [0.2, 0.25) is 0 Å². The van der Waals surface area contributed by atoms with Crippen molar-refractivity contribution in [3.05, 3.63) is 151 Å². The summed E-state index contributed by atoms with van der Waals surface area (Å²) in [6, 6.07) is 20.2. The minimum absolute atomic E-state index is 0. The van der Waals surface area contributed by atoms with E-state index in [1.807, 2.05) is 13.8 Å². The maximum atomic E-state index is 13.4. The van der Waals surface area contributed by atoms with E-state index >= 15 is 0 Å². The first-order valence-electron chi connectivity index (χ1n) is 31.3. The molecule has 9 heteroatoms. The number of ether oxygens (including phenoxy) is 2. The number of allylic oxidation sites excluding steroid dienone is 3. The van der Waals surface area contributed by atoms with E-state index in [0.717, 1.165) is 93.3 Å². The van der Waals surface area contributed by atoms with E-state index in [0.29, 0.717) is 48.0 Å². The van der Waals surface area contributed by atoms with E-state index in [9.17, 15) is 9.59 Å². The zero-order valence-electron chi connectivity index (χ0n) is 51.4. The van der Waals surface area contributed by atoms with E-state index in [2.05, 4.69) is 130 Å². The van der Waals surface area contributed by atoms with Crippen molar-refractivity contribution >= 4 is 34.5 Å². The average Bonchev–Trinajstić information content (AvgIpc) is 4.44. The maximum absolute atomic E-state index is 13.4. The third kappa shape index (κ3) is 13.9. The van der Waals surface area contributed by atoms with Gasteiger partial charge in [0.1, 0.15) is 0 Å². The predicted octanol–water partition coefficient (Wildman–Crippen LogP) is 18.2. The fourth-order valence-electron chi connectivity index (χ4n) is 13.7. The molecule has 4 saturated carbocycles. The van der Waals surface area contributed by atoms with E-state index in [-0.39, 0.29) is 39.5 Å². The number of aromatic nitrogens is 2. The van der Waals surface area contributed by atoms with Gasteiger partial charge >= 0.3 is 28.7 Å². The van der Waals surface area contributed by atoms with Gasteiger partial charge in [-0.15, -0.1) is 17.1 Å². The number of aliphatic imine (C=N–C) groups is 2. The van der Waals surface area contributed by atoms with Gasteiger partial charge in [0.25, 0.3) is 0 Å². The van der Waals surface area contributed by atoms with Crippen molar-refractivity contribution in [2.45, 2.75) is 234 Å². The van der Waals surface area contributed by atoms with Crippen LogP contribution in [-0.4, -0.2) is 36.6 Å². The minimum Gasteiger partial charge on any atom is -0.660 e. The summed E-state index contributed by atoms with van der Waals surface area (Å²) in [5.41, 5.74) is 20.8. The normalized spacial score (nSPS) is 20.2. The molecule has 0 atom stereocenters. The van der Waals surface area contributed by atoms with Gasteiger partial charge in [-0.05, 0) is 166 Å². The summed E-state index contributed by atoms with van der Waals surface area (Å²) >= 11 is 0. The first kappa shape index (κ1) is 61.8. The van der Waals surface area contributed by atoms with Crippen molar-refractivity contribution in [3.63, 3.8) is 0 Å². The zero-order chi connectivity index (χ0) is 56.9. The Morgan fingerprint density at radius 3 is 1.49 bits per heavy atom. The molecule has 10 rings (SSSR count). The molecular formula is C72H94CoN4O4. The van der Waals surface area contributed by atoms with Gasteiger partial charge in [-0.3, -0.25) is 9.98 Å². The molecule has 8 nitrogen and oxygen atoms in total. The third-order valence-electron chi connectivity index (χ3n) is 18.4. The third-order valence-corrected chi connectivity index (χ3v) is 18.4. The number of hydrogen-bond donors (Lipinski definition) is 0. The van der Waals surface area contributed by atoms with Gasteiger partial charge in [0.05, 0.1) is 35.9 Å². The van der Waals surface area contributed by atoms with Crippen LogP contribution in [0.15, 0.2) is 98.8 Å².